The molecule has 3 atom stereocenters. The van der Waals surface area contributed by atoms with Gasteiger partial charge in [0.2, 0.25) is 0 Å². The number of amides is 1. The largest absolute Gasteiger partial charge is 0.388 e. The number of nitrogens with one attached hydrogen (secondary N) is 1. The molecule has 21 heavy (non-hydrogen) atoms. The highest BCUT2D eigenvalue weighted by Gasteiger charge is 2.36. The van der Waals surface area contributed by atoms with Crippen molar-refractivity contribution in [3.05, 3.63) is 36.0 Å². The zero-order valence-electron chi connectivity index (χ0n) is 12.2. The molecule has 1 aromatic heterocycles. The number of para-hydroxylation sites is 1. The van der Waals surface area contributed by atoms with Crippen LogP contribution in [0.4, 0.5) is 0 Å². The Morgan fingerprint density at radius 1 is 1.38 bits per heavy atom. The fourth-order valence-corrected chi connectivity index (χ4v) is 3.13. The average molecular weight is 288 g/mol. The lowest BCUT2D eigenvalue weighted by molar-refractivity contribution is 0.000216. The average Bonchev–Trinajstić information content (AvgIpc) is 3.01. The number of aryl methyl sites for hydroxylation is 1. The monoisotopic (exact) mass is 288 g/mol. The maximum Gasteiger partial charge on any atom is 0.253 e. The molecule has 1 fully saturated rings. The zero-order valence-corrected chi connectivity index (χ0v) is 12.2. The molecule has 112 valence electrons. The number of hydrogen-bond donors (Lipinski definition) is 2. The number of aliphatic hydroxyl groups is 1. The zero-order chi connectivity index (χ0) is 15.0. The third kappa shape index (κ3) is 2.43. The number of carbonyl (C=O) groups excluding carboxylic acids is 1. The summed E-state index contributed by atoms with van der Waals surface area (Å²) in [4.78, 5) is 12.5. The molecule has 1 saturated carbocycles. The van der Waals surface area contributed by atoms with Crippen molar-refractivity contribution in [3.8, 4) is 0 Å². The van der Waals surface area contributed by atoms with Crippen molar-refractivity contribution >= 4 is 16.8 Å². The number of aliphatic hydroxyl groups excluding tert-OH is 1. The fourth-order valence-electron chi connectivity index (χ4n) is 3.13. The summed E-state index contributed by atoms with van der Waals surface area (Å²) in [5.41, 5.74) is 1.66. The Bertz CT molecular complexity index is 665. The quantitative estimate of drug-likeness (QED) is 0.898. The number of carbonyl (C=O) groups is 1. The third-order valence-electron chi connectivity index (χ3n) is 4.32. The lowest BCUT2D eigenvalue weighted by atomic mass is 10.1. The summed E-state index contributed by atoms with van der Waals surface area (Å²) < 4.78 is 7.15. The molecule has 0 unspecified atom stereocenters. The molecule has 2 aromatic rings. The summed E-state index contributed by atoms with van der Waals surface area (Å²) in [7, 11) is 3.51. The Morgan fingerprint density at radius 2 is 2.14 bits per heavy atom. The molecule has 1 heterocycles. The number of ether oxygens (including phenoxy) is 1. The van der Waals surface area contributed by atoms with E-state index in [4.69, 9.17) is 4.74 Å². The van der Waals surface area contributed by atoms with E-state index < -0.39 is 6.10 Å². The number of aromatic nitrogens is 1. The highest BCUT2D eigenvalue weighted by Crippen LogP contribution is 2.24. The second-order valence-corrected chi connectivity index (χ2v) is 5.59. The first-order valence-electron chi connectivity index (χ1n) is 7.17. The SMILES string of the molecule is CO[C@@H]1CC[C@@H](NC(=O)c2cn(C)c3ccccc23)[C@H]1O. The molecule has 1 aliphatic carbocycles. The van der Waals surface area contributed by atoms with Gasteiger partial charge in [-0.25, -0.2) is 0 Å². The van der Waals surface area contributed by atoms with E-state index in [0.717, 1.165) is 23.7 Å². The van der Waals surface area contributed by atoms with Gasteiger partial charge in [-0.1, -0.05) is 18.2 Å². The van der Waals surface area contributed by atoms with Gasteiger partial charge in [-0.15, -0.1) is 0 Å². The van der Waals surface area contributed by atoms with E-state index in [1.165, 1.54) is 0 Å². The topological polar surface area (TPSA) is 63.5 Å². The summed E-state index contributed by atoms with van der Waals surface area (Å²) in [6, 6.07) is 7.55. The molecule has 1 aliphatic rings. The minimum Gasteiger partial charge on any atom is -0.388 e. The van der Waals surface area contributed by atoms with Gasteiger partial charge < -0.3 is 19.7 Å². The van der Waals surface area contributed by atoms with Crippen molar-refractivity contribution in [2.45, 2.75) is 31.1 Å². The molecule has 0 saturated heterocycles. The van der Waals surface area contributed by atoms with Crippen molar-refractivity contribution in [1.29, 1.82) is 0 Å². The lowest BCUT2D eigenvalue weighted by Crippen LogP contribution is -2.43. The first kappa shape index (κ1) is 14.1. The van der Waals surface area contributed by atoms with E-state index in [-0.39, 0.29) is 18.1 Å². The molecule has 5 heteroatoms. The standard InChI is InChI=1S/C16H20N2O3/c1-18-9-11(10-5-3-4-6-13(10)18)16(20)17-12-7-8-14(21-2)15(12)19/h3-6,9,12,14-15,19H,7-8H2,1-2H3,(H,17,20)/t12-,14-,15-/m1/s1. The van der Waals surface area contributed by atoms with Crippen LogP contribution in [0.3, 0.4) is 0 Å². The first-order chi connectivity index (χ1) is 10.1. The second kappa shape index (κ2) is 5.50. The van der Waals surface area contributed by atoms with Crippen molar-refractivity contribution in [2.75, 3.05) is 7.11 Å². The van der Waals surface area contributed by atoms with E-state index in [9.17, 15) is 9.90 Å². The van der Waals surface area contributed by atoms with Gasteiger partial charge in [0.15, 0.2) is 0 Å². The number of hydrogen-bond acceptors (Lipinski definition) is 3. The van der Waals surface area contributed by atoms with Crippen LogP contribution in [0.15, 0.2) is 30.5 Å². The van der Waals surface area contributed by atoms with Crippen LogP contribution >= 0.6 is 0 Å². The van der Waals surface area contributed by atoms with Crippen LogP contribution < -0.4 is 5.32 Å². The normalized spacial score (nSPS) is 25.4. The first-order valence-corrected chi connectivity index (χ1v) is 7.17. The fraction of sp³-hybridized carbons (Fsp3) is 0.438. The van der Waals surface area contributed by atoms with Gasteiger partial charge in [-0.2, -0.15) is 0 Å². The Labute approximate surface area is 123 Å². The molecule has 1 aromatic carbocycles. The molecule has 1 amide bonds. The third-order valence-corrected chi connectivity index (χ3v) is 4.32. The van der Waals surface area contributed by atoms with Crippen molar-refractivity contribution < 1.29 is 14.6 Å². The van der Waals surface area contributed by atoms with Gasteiger partial charge in [-0.05, 0) is 18.9 Å². The Hall–Kier alpha value is -1.85. The molecule has 2 N–H and O–H groups in total. The predicted molar refractivity (Wildman–Crippen MR) is 80.2 cm³/mol. The number of fused-ring (bicyclic) bond motifs is 1. The molecule has 0 aliphatic heterocycles. The van der Waals surface area contributed by atoms with E-state index >= 15 is 0 Å². The van der Waals surface area contributed by atoms with Crippen LogP contribution in [0.5, 0.6) is 0 Å². The van der Waals surface area contributed by atoms with Crippen LogP contribution in [-0.2, 0) is 11.8 Å². The maximum absolute atomic E-state index is 12.5. The number of nitrogens with zero attached hydrogens (tertiary/aromatic N) is 1. The second-order valence-electron chi connectivity index (χ2n) is 5.59. The van der Waals surface area contributed by atoms with E-state index in [1.807, 2.05) is 42.1 Å². The molecular formula is C16H20N2O3. The Balaban J connectivity index is 1.82. The minimum atomic E-state index is -0.645. The summed E-state index contributed by atoms with van der Waals surface area (Å²) in [5.74, 6) is -0.146. The van der Waals surface area contributed by atoms with Crippen LogP contribution in [0.25, 0.3) is 10.9 Å². The van der Waals surface area contributed by atoms with Crippen LogP contribution in [0.2, 0.25) is 0 Å². The van der Waals surface area contributed by atoms with E-state index in [1.54, 1.807) is 7.11 Å². The Kier molecular flexibility index (Phi) is 3.69. The number of methoxy groups -OCH3 is 1. The number of benzene rings is 1. The van der Waals surface area contributed by atoms with Crippen molar-refractivity contribution in [3.63, 3.8) is 0 Å². The van der Waals surface area contributed by atoms with Crippen molar-refractivity contribution in [1.82, 2.24) is 9.88 Å². The molecule has 5 nitrogen and oxygen atoms in total. The highest BCUT2D eigenvalue weighted by atomic mass is 16.5. The smallest absolute Gasteiger partial charge is 0.253 e. The van der Waals surface area contributed by atoms with Gasteiger partial charge in [0.1, 0.15) is 6.10 Å². The number of rotatable bonds is 3. The van der Waals surface area contributed by atoms with Gasteiger partial charge in [-0.3, -0.25) is 4.79 Å². The van der Waals surface area contributed by atoms with Crippen molar-refractivity contribution in [2.24, 2.45) is 7.05 Å². The van der Waals surface area contributed by atoms with E-state index in [2.05, 4.69) is 5.32 Å². The van der Waals surface area contributed by atoms with E-state index in [0.29, 0.717) is 5.56 Å². The van der Waals surface area contributed by atoms with Crippen LogP contribution in [0.1, 0.15) is 23.2 Å². The molecular weight excluding hydrogens is 268 g/mol. The Morgan fingerprint density at radius 3 is 2.86 bits per heavy atom. The van der Waals surface area contributed by atoms with Gasteiger partial charge in [0.05, 0.1) is 17.7 Å². The highest BCUT2D eigenvalue weighted by molar-refractivity contribution is 6.07. The lowest BCUT2D eigenvalue weighted by Gasteiger charge is -2.19. The minimum absolute atomic E-state index is 0.146. The van der Waals surface area contributed by atoms with Gasteiger partial charge in [0, 0.05) is 31.3 Å². The molecule has 0 radical (unpaired) electrons. The maximum atomic E-state index is 12.5. The summed E-state index contributed by atoms with van der Waals surface area (Å²) >= 11 is 0. The summed E-state index contributed by atoms with van der Waals surface area (Å²) in [6.07, 6.45) is 2.49. The van der Waals surface area contributed by atoms with Crippen LogP contribution in [-0.4, -0.2) is 40.9 Å². The van der Waals surface area contributed by atoms with Crippen LogP contribution in [0, 0.1) is 0 Å². The predicted octanol–water partition coefficient (Wildman–Crippen LogP) is 1.45. The summed E-state index contributed by atoms with van der Waals surface area (Å²) in [5, 5.41) is 14.0. The van der Waals surface area contributed by atoms with Gasteiger partial charge >= 0.3 is 0 Å². The molecule has 3 rings (SSSR count). The summed E-state index contributed by atoms with van der Waals surface area (Å²) in [6.45, 7) is 0. The molecule has 0 bridgehead atoms. The molecule has 0 spiro atoms. The van der Waals surface area contributed by atoms with Gasteiger partial charge in [0.25, 0.3) is 5.91 Å².